The van der Waals surface area contributed by atoms with Crippen LogP contribution in [0.1, 0.15) is 11.1 Å². The predicted molar refractivity (Wildman–Crippen MR) is 101 cm³/mol. The van der Waals surface area contributed by atoms with Crippen molar-refractivity contribution in [2.45, 2.75) is 6.92 Å². The number of amides is 4. The van der Waals surface area contributed by atoms with Gasteiger partial charge in [-0.3, -0.25) is 14.9 Å². The van der Waals surface area contributed by atoms with E-state index in [1.165, 1.54) is 32.4 Å². The number of imide groups is 2. The number of methoxy groups -OCH3 is 2. The molecule has 1 heterocycles. The Balaban J connectivity index is 2.07. The molecule has 1 aliphatic rings. The number of hydrogen-bond donors (Lipinski definition) is 2. The maximum absolute atomic E-state index is 12.9. The fourth-order valence-corrected chi connectivity index (χ4v) is 2.82. The summed E-state index contributed by atoms with van der Waals surface area (Å²) in [6, 6.07) is 8.87. The summed E-state index contributed by atoms with van der Waals surface area (Å²) in [6.07, 6.45) is 1.30. The van der Waals surface area contributed by atoms with Crippen molar-refractivity contribution < 1.29 is 29.0 Å². The molecule has 0 saturated carbocycles. The van der Waals surface area contributed by atoms with E-state index in [1.54, 1.807) is 18.2 Å². The summed E-state index contributed by atoms with van der Waals surface area (Å²) < 4.78 is 10.2. The second kappa shape index (κ2) is 7.43. The van der Waals surface area contributed by atoms with Gasteiger partial charge in [0.25, 0.3) is 11.8 Å². The molecule has 8 heteroatoms. The minimum absolute atomic E-state index is 0.112. The summed E-state index contributed by atoms with van der Waals surface area (Å²) in [5, 5.41) is 12.2. The summed E-state index contributed by atoms with van der Waals surface area (Å²) in [4.78, 5) is 38.3. The number of benzene rings is 2. The van der Waals surface area contributed by atoms with E-state index < -0.39 is 17.8 Å². The van der Waals surface area contributed by atoms with Gasteiger partial charge in [-0.05, 0) is 48.4 Å². The van der Waals surface area contributed by atoms with Crippen LogP contribution in [0.15, 0.2) is 42.0 Å². The largest absolute Gasteiger partial charge is 0.502 e. The standard InChI is InChI=1S/C20H18N2O6/c1-11-5-4-6-13(7-11)22-19(25)14(18(24)21-20(22)26)8-12-9-15(27-2)17(23)16(10-12)28-3/h4-10,23H,1-3H3,(H,21,24,26). The van der Waals surface area contributed by atoms with Gasteiger partial charge >= 0.3 is 6.03 Å². The summed E-state index contributed by atoms with van der Waals surface area (Å²) in [5.41, 5.74) is 1.34. The normalized spacial score (nSPS) is 15.6. The minimum Gasteiger partial charge on any atom is -0.502 e. The summed E-state index contributed by atoms with van der Waals surface area (Å²) in [7, 11) is 2.73. The van der Waals surface area contributed by atoms with Gasteiger partial charge in [-0.2, -0.15) is 0 Å². The number of aromatic hydroxyl groups is 1. The second-order valence-electron chi connectivity index (χ2n) is 6.07. The van der Waals surface area contributed by atoms with Gasteiger partial charge in [0.1, 0.15) is 5.57 Å². The fraction of sp³-hybridized carbons (Fsp3) is 0.150. The first-order valence-corrected chi connectivity index (χ1v) is 8.28. The van der Waals surface area contributed by atoms with Crippen LogP contribution < -0.4 is 19.7 Å². The van der Waals surface area contributed by atoms with E-state index >= 15 is 0 Å². The van der Waals surface area contributed by atoms with Crippen LogP contribution in [0, 0.1) is 6.92 Å². The molecule has 0 unspecified atom stereocenters. The molecule has 1 saturated heterocycles. The number of anilines is 1. The smallest absolute Gasteiger partial charge is 0.335 e. The predicted octanol–water partition coefficient (Wildman–Crippen LogP) is 2.38. The molecule has 3 rings (SSSR count). The summed E-state index contributed by atoms with van der Waals surface area (Å²) in [5.74, 6) is -1.55. The zero-order chi connectivity index (χ0) is 20.4. The van der Waals surface area contributed by atoms with Crippen molar-refractivity contribution in [2.75, 3.05) is 19.1 Å². The van der Waals surface area contributed by atoms with Crippen molar-refractivity contribution in [1.82, 2.24) is 5.32 Å². The maximum Gasteiger partial charge on any atom is 0.335 e. The summed E-state index contributed by atoms with van der Waals surface area (Å²) in [6.45, 7) is 1.83. The first kappa shape index (κ1) is 19.0. The van der Waals surface area contributed by atoms with Gasteiger partial charge in [0, 0.05) is 0 Å². The minimum atomic E-state index is -0.821. The van der Waals surface area contributed by atoms with E-state index in [9.17, 15) is 19.5 Å². The van der Waals surface area contributed by atoms with Crippen LogP contribution >= 0.6 is 0 Å². The zero-order valence-corrected chi connectivity index (χ0v) is 15.5. The van der Waals surface area contributed by atoms with Crippen LogP contribution in [-0.2, 0) is 9.59 Å². The zero-order valence-electron chi connectivity index (χ0n) is 15.5. The molecular weight excluding hydrogens is 364 g/mol. The molecule has 8 nitrogen and oxygen atoms in total. The van der Waals surface area contributed by atoms with E-state index in [1.807, 2.05) is 13.0 Å². The van der Waals surface area contributed by atoms with Crippen LogP contribution in [0.25, 0.3) is 6.08 Å². The van der Waals surface area contributed by atoms with Gasteiger partial charge in [0.2, 0.25) is 5.75 Å². The number of ether oxygens (including phenoxy) is 2. The Bertz CT molecular complexity index is 987. The van der Waals surface area contributed by atoms with Crippen molar-refractivity contribution in [1.29, 1.82) is 0 Å². The van der Waals surface area contributed by atoms with E-state index in [-0.39, 0.29) is 22.8 Å². The number of hydrogen-bond acceptors (Lipinski definition) is 6. The van der Waals surface area contributed by atoms with Gasteiger partial charge in [-0.1, -0.05) is 12.1 Å². The first-order chi connectivity index (χ1) is 13.3. The van der Waals surface area contributed by atoms with Gasteiger partial charge in [0.15, 0.2) is 11.5 Å². The quantitative estimate of drug-likeness (QED) is 0.621. The van der Waals surface area contributed by atoms with E-state index in [2.05, 4.69) is 5.32 Å². The molecule has 1 aliphatic heterocycles. The van der Waals surface area contributed by atoms with Gasteiger partial charge in [-0.15, -0.1) is 0 Å². The third kappa shape index (κ3) is 3.39. The van der Waals surface area contributed by atoms with Gasteiger partial charge in [0.05, 0.1) is 19.9 Å². The maximum atomic E-state index is 12.9. The second-order valence-corrected chi connectivity index (χ2v) is 6.07. The molecule has 0 aliphatic carbocycles. The number of barbiturate groups is 1. The monoisotopic (exact) mass is 382 g/mol. The number of rotatable bonds is 4. The Morgan fingerprint density at radius 2 is 1.68 bits per heavy atom. The van der Waals surface area contributed by atoms with Crippen LogP contribution in [0.4, 0.5) is 10.5 Å². The highest BCUT2D eigenvalue weighted by atomic mass is 16.5. The lowest BCUT2D eigenvalue weighted by Gasteiger charge is -2.26. The van der Waals surface area contributed by atoms with Crippen LogP contribution in [0.3, 0.4) is 0 Å². The third-order valence-electron chi connectivity index (χ3n) is 4.17. The lowest BCUT2D eigenvalue weighted by atomic mass is 10.1. The molecule has 1 fully saturated rings. The number of nitrogens with one attached hydrogen (secondary N) is 1. The Morgan fingerprint density at radius 3 is 2.25 bits per heavy atom. The van der Waals surface area contributed by atoms with Crippen LogP contribution in [0.5, 0.6) is 17.2 Å². The molecule has 4 amide bonds. The average Bonchev–Trinajstić information content (AvgIpc) is 2.66. The highest BCUT2D eigenvalue weighted by Crippen LogP contribution is 2.38. The first-order valence-electron chi connectivity index (χ1n) is 8.28. The molecule has 2 N–H and O–H groups in total. The highest BCUT2D eigenvalue weighted by molar-refractivity contribution is 6.39. The number of phenols is 1. The van der Waals surface area contributed by atoms with Crippen LogP contribution in [0.2, 0.25) is 0 Å². The Hall–Kier alpha value is -3.81. The molecule has 0 radical (unpaired) electrons. The molecule has 0 spiro atoms. The van der Waals surface area contributed by atoms with Crippen molar-refractivity contribution >= 4 is 29.6 Å². The molecular formula is C20H18N2O6. The molecule has 28 heavy (non-hydrogen) atoms. The van der Waals surface area contributed by atoms with Crippen molar-refractivity contribution in [3.8, 4) is 17.2 Å². The fourth-order valence-electron chi connectivity index (χ4n) is 2.82. The summed E-state index contributed by atoms with van der Waals surface area (Å²) >= 11 is 0. The SMILES string of the molecule is COc1cc(C=C2C(=O)NC(=O)N(c3cccc(C)c3)C2=O)cc(OC)c1O. The van der Waals surface area contributed by atoms with E-state index in [0.717, 1.165) is 10.5 Å². The van der Waals surface area contributed by atoms with Crippen molar-refractivity contribution in [2.24, 2.45) is 0 Å². The molecule has 144 valence electrons. The van der Waals surface area contributed by atoms with Crippen molar-refractivity contribution in [3.05, 3.63) is 53.1 Å². The number of carbonyl (C=O) groups is 3. The topological polar surface area (TPSA) is 105 Å². The molecule has 0 bridgehead atoms. The van der Waals surface area contributed by atoms with Crippen molar-refractivity contribution in [3.63, 3.8) is 0 Å². The van der Waals surface area contributed by atoms with Gasteiger partial charge < -0.3 is 14.6 Å². The highest BCUT2D eigenvalue weighted by Gasteiger charge is 2.36. The van der Waals surface area contributed by atoms with Crippen LogP contribution in [-0.4, -0.2) is 37.2 Å². The third-order valence-corrected chi connectivity index (χ3v) is 4.17. The number of nitrogens with zero attached hydrogens (tertiary/aromatic N) is 1. The van der Waals surface area contributed by atoms with E-state index in [4.69, 9.17) is 9.47 Å². The molecule has 2 aromatic carbocycles. The average molecular weight is 382 g/mol. The lowest BCUT2D eigenvalue weighted by Crippen LogP contribution is -2.54. The van der Waals surface area contributed by atoms with E-state index in [0.29, 0.717) is 11.3 Å². The lowest BCUT2D eigenvalue weighted by molar-refractivity contribution is -0.122. The number of phenolic OH excluding ortho intramolecular Hbond substituents is 1. The Kier molecular flexibility index (Phi) is 5.04. The van der Waals surface area contributed by atoms with Gasteiger partial charge in [-0.25, -0.2) is 9.69 Å². The Labute approximate surface area is 161 Å². The number of aryl methyl sites for hydroxylation is 1. The number of carbonyl (C=O) groups excluding carboxylic acids is 3. The molecule has 0 aromatic heterocycles. The molecule has 2 aromatic rings. The Morgan fingerprint density at radius 1 is 1.04 bits per heavy atom. The molecule has 0 atom stereocenters. The number of urea groups is 1.